The van der Waals surface area contributed by atoms with Crippen LogP contribution in [-0.2, 0) is 19.1 Å². The van der Waals surface area contributed by atoms with Gasteiger partial charge in [-0.05, 0) is 31.2 Å². The first-order chi connectivity index (χ1) is 12.0. The number of ether oxygens (including phenoxy) is 3. The maximum absolute atomic E-state index is 14.2. The highest BCUT2D eigenvalue weighted by atomic mass is 19.1. The van der Waals surface area contributed by atoms with Crippen molar-refractivity contribution in [3.05, 3.63) is 59.7 Å². The van der Waals surface area contributed by atoms with E-state index in [0.29, 0.717) is 12.3 Å². The third-order valence-corrected chi connectivity index (χ3v) is 3.38. The molecule has 0 fully saturated rings. The molecule has 0 spiro atoms. The Morgan fingerprint density at radius 3 is 2.44 bits per heavy atom. The van der Waals surface area contributed by atoms with Gasteiger partial charge in [0, 0.05) is 18.0 Å². The van der Waals surface area contributed by atoms with Gasteiger partial charge in [-0.25, -0.2) is 14.0 Å². The Balaban J connectivity index is 2.58. The van der Waals surface area contributed by atoms with Crippen LogP contribution >= 0.6 is 0 Å². The summed E-state index contributed by atoms with van der Waals surface area (Å²) < 4.78 is 28.9. The van der Waals surface area contributed by atoms with Crippen molar-refractivity contribution in [2.24, 2.45) is 0 Å². The number of hydrogen-bond donors (Lipinski definition) is 0. The van der Waals surface area contributed by atoms with Crippen molar-refractivity contribution >= 4 is 17.6 Å². The molecule has 1 aromatic carbocycles. The van der Waals surface area contributed by atoms with Gasteiger partial charge in [0.1, 0.15) is 5.70 Å². The van der Waals surface area contributed by atoms with Crippen molar-refractivity contribution < 1.29 is 28.2 Å². The summed E-state index contributed by atoms with van der Waals surface area (Å²) in [6, 6.07) is 4.23. The molecule has 2 rings (SSSR count). The molecule has 0 atom stereocenters. The molecule has 0 aliphatic carbocycles. The highest BCUT2D eigenvalue weighted by Crippen LogP contribution is 2.29. The van der Waals surface area contributed by atoms with E-state index in [-0.39, 0.29) is 17.0 Å². The number of allylic oxidation sites excluding steroid dienone is 2. The van der Waals surface area contributed by atoms with Gasteiger partial charge >= 0.3 is 11.9 Å². The number of carbonyl (C=O) groups is 2. The lowest BCUT2D eigenvalue weighted by atomic mass is 10.1. The van der Waals surface area contributed by atoms with Crippen LogP contribution in [0.5, 0.6) is 5.75 Å². The molecule has 0 amide bonds. The Labute approximate surface area is 144 Å². The molecule has 0 bridgehead atoms. The number of methoxy groups -OCH3 is 2. The van der Waals surface area contributed by atoms with E-state index in [2.05, 4.69) is 0 Å². The molecule has 0 N–H and O–H groups in total. The SMILES string of the molecule is CCOc1ccc(N2C=CC=CC(C(=O)OC)=C2C(=O)OC)cc1F. The fraction of sp³-hybridized carbons (Fsp3) is 0.222. The zero-order valence-corrected chi connectivity index (χ0v) is 14.1. The molecule has 0 saturated heterocycles. The van der Waals surface area contributed by atoms with E-state index in [1.165, 1.54) is 43.5 Å². The van der Waals surface area contributed by atoms with Crippen LogP contribution in [-0.4, -0.2) is 32.8 Å². The summed E-state index contributed by atoms with van der Waals surface area (Å²) in [5.41, 5.74) is 0.235. The molecule has 1 heterocycles. The molecule has 1 aromatic rings. The lowest BCUT2D eigenvalue weighted by Crippen LogP contribution is -2.27. The lowest BCUT2D eigenvalue weighted by molar-refractivity contribution is -0.139. The summed E-state index contributed by atoms with van der Waals surface area (Å²) >= 11 is 0. The number of hydrogen-bond acceptors (Lipinski definition) is 6. The first-order valence-corrected chi connectivity index (χ1v) is 7.50. The van der Waals surface area contributed by atoms with E-state index >= 15 is 0 Å². The van der Waals surface area contributed by atoms with Crippen LogP contribution in [0.3, 0.4) is 0 Å². The van der Waals surface area contributed by atoms with E-state index in [1.807, 2.05) is 0 Å². The third-order valence-electron chi connectivity index (χ3n) is 3.38. The average Bonchev–Trinajstić information content (AvgIpc) is 2.85. The Morgan fingerprint density at radius 2 is 1.84 bits per heavy atom. The second-order valence-corrected chi connectivity index (χ2v) is 4.86. The summed E-state index contributed by atoms with van der Waals surface area (Å²) in [6.45, 7) is 2.07. The molecule has 25 heavy (non-hydrogen) atoms. The Hall–Kier alpha value is -3.09. The quantitative estimate of drug-likeness (QED) is 0.763. The number of benzene rings is 1. The van der Waals surface area contributed by atoms with E-state index in [0.717, 1.165) is 0 Å². The Kier molecular flexibility index (Phi) is 5.94. The van der Waals surface area contributed by atoms with E-state index in [1.54, 1.807) is 25.1 Å². The Morgan fingerprint density at radius 1 is 1.12 bits per heavy atom. The minimum Gasteiger partial charge on any atom is -0.491 e. The summed E-state index contributed by atoms with van der Waals surface area (Å²) in [5.74, 6) is -1.96. The van der Waals surface area contributed by atoms with Gasteiger partial charge in [-0.2, -0.15) is 0 Å². The van der Waals surface area contributed by atoms with Crippen LogP contribution in [0.1, 0.15) is 6.92 Å². The molecule has 0 unspecified atom stereocenters. The van der Waals surface area contributed by atoms with Crippen LogP contribution in [0.25, 0.3) is 0 Å². The molecule has 1 aliphatic heterocycles. The Bertz CT molecular complexity index is 767. The number of nitrogens with zero attached hydrogens (tertiary/aromatic N) is 1. The van der Waals surface area contributed by atoms with Crippen LogP contribution in [0.4, 0.5) is 10.1 Å². The van der Waals surface area contributed by atoms with Crippen molar-refractivity contribution in [3.63, 3.8) is 0 Å². The lowest BCUT2D eigenvalue weighted by Gasteiger charge is -2.23. The van der Waals surface area contributed by atoms with E-state index in [9.17, 15) is 14.0 Å². The van der Waals surface area contributed by atoms with E-state index < -0.39 is 17.8 Å². The molecule has 1 aliphatic rings. The summed E-state index contributed by atoms with van der Waals surface area (Å²) in [4.78, 5) is 25.7. The monoisotopic (exact) mass is 347 g/mol. The van der Waals surface area contributed by atoms with Gasteiger partial charge in [0.05, 0.1) is 26.4 Å². The molecule has 0 radical (unpaired) electrons. The number of anilines is 1. The topological polar surface area (TPSA) is 65.1 Å². The fourth-order valence-electron chi connectivity index (χ4n) is 2.28. The number of esters is 2. The molecular weight excluding hydrogens is 329 g/mol. The molecule has 7 heteroatoms. The van der Waals surface area contributed by atoms with Crippen molar-refractivity contribution in [2.45, 2.75) is 6.92 Å². The van der Waals surface area contributed by atoms with Gasteiger partial charge in [0.25, 0.3) is 0 Å². The maximum atomic E-state index is 14.2. The van der Waals surface area contributed by atoms with Crippen LogP contribution < -0.4 is 9.64 Å². The average molecular weight is 347 g/mol. The normalized spacial score (nSPS) is 13.5. The summed E-state index contributed by atoms with van der Waals surface area (Å²) in [6.07, 6.45) is 6.13. The van der Waals surface area contributed by atoms with Crippen molar-refractivity contribution in [2.75, 3.05) is 25.7 Å². The molecule has 132 valence electrons. The van der Waals surface area contributed by atoms with Gasteiger partial charge in [0.2, 0.25) is 0 Å². The minimum absolute atomic E-state index is 0.00589. The zero-order valence-electron chi connectivity index (χ0n) is 14.1. The van der Waals surface area contributed by atoms with Crippen molar-refractivity contribution in [3.8, 4) is 5.75 Å². The fourth-order valence-corrected chi connectivity index (χ4v) is 2.28. The van der Waals surface area contributed by atoms with Gasteiger partial charge in [-0.1, -0.05) is 6.08 Å². The number of rotatable bonds is 5. The van der Waals surface area contributed by atoms with Crippen LogP contribution in [0.2, 0.25) is 0 Å². The van der Waals surface area contributed by atoms with Gasteiger partial charge < -0.3 is 19.1 Å². The zero-order chi connectivity index (χ0) is 18.4. The molecule has 0 aromatic heterocycles. The van der Waals surface area contributed by atoms with Crippen molar-refractivity contribution in [1.29, 1.82) is 0 Å². The largest absolute Gasteiger partial charge is 0.491 e. The predicted molar refractivity (Wildman–Crippen MR) is 89.4 cm³/mol. The third kappa shape index (κ3) is 3.88. The highest BCUT2D eigenvalue weighted by molar-refractivity contribution is 6.05. The molecule has 6 nitrogen and oxygen atoms in total. The summed E-state index contributed by atoms with van der Waals surface area (Å²) in [7, 11) is 2.40. The van der Waals surface area contributed by atoms with Gasteiger partial charge in [-0.15, -0.1) is 0 Å². The maximum Gasteiger partial charge on any atom is 0.355 e. The van der Waals surface area contributed by atoms with Gasteiger partial charge in [0.15, 0.2) is 11.6 Å². The standard InChI is InChI=1S/C18H18FNO5/c1-4-25-15-9-8-12(11-14(15)19)20-10-6-5-7-13(17(21)23-2)16(20)18(22)24-3/h5-11H,4H2,1-3H3. The molecular formula is C18H18FNO5. The van der Waals surface area contributed by atoms with Crippen molar-refractivity contribution in [1.82, 2.24) is 0 Å². The first-order valence-electron chi connectivity index (χ1n) is 7.50. The number of halogens is 1. The number of carbonyl (C=O) groups excluding carboxylic acids is 2. The summed E-state index contributed by atoms with van der Waals surface area (Å²) in [5, 5.41) is 0. The van der Waals surface area contributed by atoms with E-state index in [4.69, 9.17) is 14.2 Å². The second kappa shape index (κ2) is 8.14. The first kappa shape index (κ1) is 18.3. The predicted octanol–water partition coefficient (Wildman–Crippen LogP) is 2.71. The van der Waals surface area contributed by atoms with Crippen LogP contribution in [0, 0.1) is 5.82 Å². The molecule has 0 saturated carbocycles. The van der Waals surface area contributed by atoms with Crippen LogP contribution in [0.15, 0.2) is 53.9 Å². The van der Waals surface area contributed by atoms with Gasteiger partial charge in [-0.3, -0.25) is 0 Å². The highest BCUT2D eigenvalue weighted by Gasteiger charge is 2.27. The second-order valence-electron chi connectivity index (χ2n) is 4.86. The smallest absolute Gasteiger partial charge is 0.355 e. The minimum atomic E-state index is -0.758.